The Labute approximate surface area is 225 Å². The molecule has 1 aliphatic rings. The summed E-state index contributed by atoms with van der Waals surface area (Å²) in [5, 5.41) is 5.29. The fourth-order valence-corrected chi connectivity index (χ4v) is 4.22. The highest BCUT2D eigenvalue weighted by Crippen LogP contribution is 2.27. The lowest BCUT2D eigenvalue weighted by Gasteiger charge is -2.24. The van der Waals surface area contributed by atoms with Crippen molar-refractivity contribution in [1.29, 1.82) is 0 Å². The zero-order valence-electron chi connectivity index (χ0n) is 21.5. The van der Waals surface area contributed by atoms with Crippen LogP contribution in [0.4, 0.5) is 5.69 Å². The molecule has 1 atom stereocenters. The van der Waals surface area contributed by atoms with Gasteiger partial charge in [-0.2, -0.15) is 0 Å². The van der Waals surface area contributed by atoms with Gasteiger partial charge in [0.1, 0.15) is 11.7 Å². The molecule has 9 nitrogen and oxygen atoms in total. The van der Waals surface area contributed by atoms with Crippen LogP contribution in [0.15, 0.2) is 84.6 Å². The van der Waals surface area contributed by atoms with Crippen molar-refractivity contribution in [3.05, 3.63) is 107 Å². The number of ether oxygens (including phenoxy) is 1. The summed E-state index contributed by atoms with van der Waals surface area (Å²) in [6.07, 6.45) is 1.60. The number of rotatable bonds is 9. The molecule has 4 rings (SSSR count). The molecule has 0 saturated carbocycles. The topological polar surface area (TPSA) is 122 Å². The molecular weight excluding hydrogens is 498 g/mol. The Balaban J connectivity index is 1.52. The van der Waals surface area contributed by atoms with Crippen molar-refractivity contribution in [2.75, 3.05) is 11.9 Å². The molecule has 0 saturated heterocycles. The van der Waals surface area contributed by atoms with E-state index >= 15 is 0 Å². The molecule has 1 heterocycles. The van der Waals surface area contributed by atoms with Crippen LogP contribution >= 0.6 is 0 Å². The van der Waals surface area contributed by atoms with Crippen LogP contribution in [0.1, 0.15) is 45.7 Å². The smallest absolute Gasteiger partial charge is 0.329 e. The molecule has 2 N–H and O–H groups in total. The third kappa shape index (κ3) is 6.27. The van der Waals surface area contributed by atoms with Crippen molar-refractivity contribution < 1.29 is 28.7 Å². The molecule has 0 radical (unpaired) electrons. The first-order chi connectivity index (χ1) is 18.8. The van der Waals surface area contributed by atoms with Crippen LogP contribution in [0.2, 0.25) is 0 Å². The van der Waals surface area contributed by atoms with Crippen molar-refractivity contribution in [3.8, 4) is 0 Å². The number of benzene rings is 3. The molecule has 3 aromatic rings. The second-order valence-electron chi connectivity index (χ2n) is 8.80. The van der Waals surface area contributed by atoms with Crippen molar-refractivity contribution in [3.63, 3.8) is 0 Å². The second kappa shape index (κ2) is 12.0. The predicted molar refractivity (Wildman–Crippen MR) is 144 cm³/mol. The third-order valence-electron chi connectivity index (χ3n) is 6.00. The highest BCUT2D eigenvalue weighted by molar-refractivity contribution is 6.22. The van der Waals surface area contributed by atoms with Crippen molar-refractivity contribution in [2.24, 2.45) is 0 Å². The van der Waals surface area contributed by atoms with Crippen LogP contribution in [-0.2, 0) is 25.5 Å². The SMILES string of the molecule is CCOC(=O)C(Cc1ccc(NC(=O)/C(=C/c2ccccc2)NC(C)=O)cc1)N1C(=O)c2ccccc2C1=O. The highest BCUT2D eigenvalue weighted by atomic mass is 16.5. The Kier molecular flexibility index (Phi) is 8.30. The van der Waals surface area contributed by atoms with E-state index in [-0.39, 0.29) is 35.8 Å². The number of nitrogens with one attached hydrogen (secondary N) is 2. The lowest BCUT2D eigenvalue weighted by molar-refractivity contribution is -0.147. The van der Waals surface area contributed by atoms with E-state index in [0.717, 1.165) is 10.5 Å². The minimum Gasteiger partial charge on any atom is -0.464 e. The van der Waals surface area contributed by atoms with Gasteiger partial charge >= 0.3 is 5.97 Å². The molecule has 9 heteroatoms. The summed E-state index contributed by atoms with van der Waals surface area (Å²) in [5.74, 6) is -2.69. The molecule has 0 bridgehead atoms. The maximum atomic E-state index is 13.0. The number of fused-ring (bicyclic) bond motifs is 1. The van der Waals surface area contributed by atoms with Gasteiger partial charge in [-0.3, -0.25) is 24.1 Å². The van der Waals surface area contributed by atoms with Gasteiger partial charge in [0.25, 0.3) is 17.7 Å². The zero-order chi connectivity index (χ0) is 27.9. The van der Waals surface area contributed by atoms with Gasteiger partial charge in [0.2, 0.25) is 5.91 Å². The largest absolute Gasteiger partial charge is 0.464 e. The number of carbonyl (C=O) groups is 5. The van der Waals surface area contributed by atoms with Crippen molar-refractivity contribution >= 4 is 41.4 Å². The number of amides is 4. The number of nitrogens with zero attached hydrogens (tertiary/aromatic N) is 1. The van der Waals surface area contributed by atoms with E-state index in [2.05, 4.69) is 10.6 Å². The summed E-state index contributed by atoms with van der Waals surface area (Å²) in [6.45, 7) is 3.06. The van der Waals surface area contributed by atoms with E-state index < -0.39 is 29.7 Å². The minimum absolute atomic E-state index is 0.0313. The molecule has 4 amide bonds. The summed E-state index contributed by atoms with van der Waals surface area (Å²) < 4.78 is 5.18. The summed E-state index contributed by atoms with van der Waals surface area (Å²) in [6, 6.07) is 21.0. The summed E-state index contributed by atoms with van der Waals surface area (Å²) in [5.41, 5.74) is 2.39. The fourth-order valence-electron chi connectivity index (χ4n) is 4.22. The number of hydrogen-bond acceptors (Lipinski definition) is 6. The van der Waals surface area contributed by atoms with E-state index in [9.17, 15) is 24.0 Å². The van der Waals surface area contributed by atoms with E-state index in [1.165, 1.54) is 6.92 Å². The first kappa shape index (κ1) is 27.0. The van der Waals surface area contributed by atoms with Crippen molar-refractivity contribution in [2.45, 2.75) is 26.3 Å². The predicted octanol–water partition coefficient (Wildman–Crippen LogP) is 3.57. The van der Waals surface area contributed by atoms with Gasteiger partial charge in [-0.1, -0.05) is 54.6 Å². The quantitative estimate of drug-likeness (QED) is 0.250. The first-order valence-corrected chi connectivity index (χ1v) is 12.4. The van der Waals surface area contributed by atoms with Crippen molar-refractivity contribution in [1.82, 2.24) is 10.2 Å². The summed E-state index contributed by atoms with van der Waals surface area (Å²) >= 11 is 0. The molecule has 0 spiro atoms. The molecule has 3 aromatic carbocycles. The van der Waals surface area contributed by atoms with Gasteiger partial charge in [-0.25, -0.2) is 4.79 Å². The molecule has 1 aliphatic heterocycles. The van der Waals surface area contributed by atoms with Gasteiger partial charge in [0.15, 0.2) is 0 Å². The molecule has 39 heavy (non-hydrogen) atoms. The number of esters is 1. The lowest BCUT2D eigenvalue weighted by Crippen LogP contribution is -2.47. The molecule has 0 aromatic heterocycles. The van der Waals surface area contributed by atoms with E-state index in [0.29, 0.717) is 11.3 Å². The van der Waals surface area contributed by atoms with Crippen LogP contribution in [0.5, 0.6) is 0 Å². The Morgan fingerprint density at radius 2 is 1.46 bits per heavy atom. The zero-order valence-corrected chi connectivity index (χ0v) is 21.5. The second-order valence-corrected chi connectivity index (χ2v) is 8.80. The average molecular weight is 526 g/mol. The maximum absolute atomic E-state index is 13.0. The van der Waals surface area contributed by atoms with Crippen LogP contribution in [-0.4, -0.2) is 47.1 Å². The van der Waals surface area contributed by atoms with Gasteiger partial charge < -0.3 is 15.4 Å². The van der Waals surface area contributed by atoms with Crippen LogP contribution in [0.25, 0.3) is 6.08 Å². The Morgan fingerprint density at radius 1 is 0.872 bits per heavy atom. The lowest BCUT2D eigenvalue weighted by atomic mass is 10.0. The van der Waals surface area contributed by atoms with Crippen LogP contribution in [0, 0.1) is 0 Å². The minimum atomic E-state index is -1.15. The Bertz CT molecular complexity index is 1410. The summed E-state index contributed by atoms with van der Waals surface area (Å²) in [4.78, 5) is 64.4. The van der Waals surface area contributed by atoms with E-state index in [1.54, 1.807) is 73.7 Å². The van der Waals surface area contributed by atoms with Gasteiger partial charge in [0.05, 0.1) is 17.7 Å². The molecule has 1 unspecified atom stereocenters. The standard InChI is InChI=1S/C30H27N3O6/c1-3-39-30(38)26(33-28(36)23-11-7-8-12-24(23)29(33)37)18-21-13-15-22(16-14-21)32-27(35)25(31-19(2)34)17-20-9-5-4-6-10-20/h4-17,26H,3,18H2,1-2H3,(H,31,34)(H,32,35)/b25-17-. The fraction of sp³-hybridized carbons (Fsp3) is 0.167. The normalized spacial score (nSPS) is 13.5. The van der Waals surface area contributed by atoms with Gasteiger partial charge in [0, 0.05) is 19.0 Å². The van der Waals surface area contributed by atoms with E-state index in [4.69, 9.17) is 4.74 Å². The number of anilines is 1. The first-order valence-electron chi connectivity index (χ1n) is 12.4. The summed E-state index contributed by atoms with van der Waals surface area (Å²) in [7, 11) is 0. The maximum Gasteiger partial charge on any atom is 0.329 e. The van der Waals surface area contributed by atoms with E-state index in [1.807, 2.05) is 18.2 Å². The average Bonchev–Trinajstić information content (AvgIpc) is 3.18. The Hall–Kier alpha value is -5.05. The van der Waals surface area contributed by atoms with Crippen LogP contribution < -0.4 is 10.6 Å². The van der Waals surface area contributed by atoms with Gasteiger partial charge in [-0.05, 0) is 48.4 Å². The monoisotopic (exact) mass is 525 g/mol. The molecule has 198 valence electrons. The number of carbonyl (C=O) groups excluding carboxylic acids is 5. The van der Waals surface area contributed by atoms with Crippen LogP contribution in [0.3, 0.4) is 0 Å². The molecular formula is C30H27N3O6. The third-order valence-corrected chi connectivity index (χ3v) is 6.00. The highest BCUT2D eigenvalue weighted by Gasteiger charge is 2.43. The number of hydrogen-bond donors (Lipinski definition) is 2. The Morgan fingerprint density at radius 3 is 2.03 bits per heavy atom. The number of imide groups is 1. The molecule has 0 fully saturated rings. The van der Waals surface area contributed by atoms with Gasteiger partial charge in [-0.15, -0.1) is 0 Å². The molecule has 0 aliphatic carbocycles.